The van der Waals surface area contributed by atoms with Crippen molar-refractivity contribution in [2.45, 2.75) is 20.8 Å². The lowest BCUT2D eigenvalue weighted by Crippen LogP contribution is -2.05. The Morgan fingerprint density at radius 2 is 1.95 bits per heavy atom. The molecule has 21 heavy (non-hydrogen) atoms. The topological polar surface area (TPSA) is 30.2 Å². The van der Waals surface area contributed by atoms with Crippen molar-refractivity contribution in [3.63, 3.8) is 0 Å². The van der Waals surface area contributed by atoms with E-state index in [9.17, 15) is 0 Å². The van der Waals surface area contributed by atoms with Crippen LogP contribution in [0.4, 0.5) is 0 Å². The first-order valence-corrected chi connectivity index (χ1v) is 6.80. The predicted octanol–water partition coefficient (Wildman–Crippen LogP) is 4.71. The summed E-state index contributed by atoms with van der Waals surface area (Å²) < 4.78 is 2.04. The zero-order valence-corrected chi connectivity index (χ0v) is 13.3. The molecular formula is C18H23N3. The third-order valence-corrected chi connectivity index (χ3v) is 2.90. The van der Waals surface area contributed by atoms with E-state index in [-0.39, 0.29) is 0 Å². The summed E-state index contributed by atoms with van der Waals surface area (Å²) in [7, 11) is 1.74. The number of allylic oxidation sites excluding steroid dienone is 5. The van der Waals surface area contributed by atoms with Gasteiger partial charge in [0.1, 0.15) is 5.82 Å². The molecule has 1 aromatic rings. The number of aromatic nitrogens is 2. The summed E-state index contributed by atoms with van der Waals surface area (Å²) in [5.74, 6) is 0.803. The van der Waals surface area contributed by atoms with Gasteiger partial charge in [0.15, 0.2) is 0 Å². The highest BCUT2D eigenvalue weighted by molar-refractivity contribution is 5.86. The minimum atomic E-state index is 0.803. The van der Waals surface area contributed by atoms with E-state index in [1.807, 2.05) is 43.6 Å². The first-order chi connectivity index (χ1) is 9.97. The van der Waals surface area contributed by atoms with Gasteiger partial charge in [-0.2, -0.15) is 0 Å². The van der Waals surface area contributed by atoms with Crippen molar-refractivity contribution in [2.75, 3.05) is 7.05 Å². The molecule has 0 aliphatic carbocycles. The second kappa shape index (κ2) is 7.39. The molecule has 1 heterocycles. The maximum absolute atomic E-state index is 4.63. The van der Waals surface area contributed by atoms with Gasteiger partial charge in [0.05, 0.1) is 17.1 Å². The van der Waals surface area contributed by atoms with E-state index in [1.165, 1.54) is 0 Å². The molecule has 0 aliphatic rings. The van der Waals surface area contributed by atoms with Crippen LogP contribution in [0.1, 0.15) is 38.0 Å². The number of hydrogen-bond acceptors (Lipinski definition) is 2. The molecule has 1 aromatic heterocycles. The fraction of sp³-hybridized carbons (Fsp3) is 0.222. The number of hydrogen-bond donors (Lipinski definition) is 0. The maximum atomic E-state index is 4.63. The lowest BCUT2D eigenvalue weighted by atomic mass is 10.2. The van der Waals surface area contributed by atoms with Gasteiger partial charge in [0.25, 0.3) is 0 Å². The molecule has 0 spiro atoms. The fourth-order valence-electron chi connectivity index (χ4n) is 2.00. The van der Waals surface area contributed by atoms with Crippen LogP contribution >= 0.6 is 0 Å². The number of nitrogens with zero attached hydrogens (tertiary/aromatic N) is 3. The number of aliphatic imine (C=N–C) groups is 1. The van der Waals surface area contributed by atoms with Gasteiger partial charge in [-0.1, -0.05) is 25.8 Å². The van der Waals surface area contributed by atoms with Crippen molar-refractivity contribution >= 4 is 29.6 Å². The lowest BCUT2D eigenvalue weighted by molar-refractivity contribution is 1.03. The minimum Gasteiger partial charge on any atom is -0.296 e. The van der Waals surface area contributed by atoms with Crippen molar-refractivity contribution in [3.05, 3.63) is 54.7 Å². The van der Waals surface area contributed by atoms with Crippen molar-refractivity contribution in [1.29, 1.82) is 0 Å². The Bertz CT molecular complexity index is 652. The quantitative estimate of drug-likeness (QED) is 0.548. The highest BCUT2D eigenvalue weighted by Crippen LogP contribution is 2.27. The average molecular weight is 281 g/mol. The Kier molecular flexibility index (Phi) is 5.85. The third kappa shape index (κ3) is 3.57. The standard InChI is InChI=1S/C18H23N3/c1-8-10-17-15(9-2)20-18(14(5)6)21(17)16(13(3)4)11-12-19-7/h8-12H,2-3,5H2,1,4,6-7H3/b10-8-,16-11+,19-12?. The van der Waals surface area contributed by atoms with Crippen molar-refractivity contribution in [2.24, 2.45) is 4.99 Å². The maximum Gasteiger partial charge on any atom is 0.140 e. The molecule has 0 fully saturated rings. The normalized spacial score (nSPS) is 12.3. The summed E-state index contributed by atoms with van der Waals surface area (Å²) in [5, 5.41) is 0. The van der Waals surface area contributed by atoms with E-state index in [0.717, 1.165) is 34.1 Å². The Morgan fingerprint density at radius 3 is 2.38 bits per heavy atom. The van der Waals surface area contributed by atoms with Gasteiger partial charge in [-0.05, 0) is 50.1 Å². The highest BCUT2D eigenvalue weighted by Gasteiger charge is 2.17. The van der Waals surface area contributed by atoms with Crippen LogP contribution in [-0.4, -0.2) is 22.8 Å². The van der Waals surface area contributed by atoms with E-state index in [2.05, 4.69) is 29.7 Å². The van der Waals surface area contributed by atoms with E-state index in [4.69, 9.17) is 0 Å². The van der Waals surface area contributed by atoms with Gasteiger partial charge in [0, 0.05) is 13.3 Å². The van der Waals surface area contributed by atoms with Gasteiger partial charge in [-0.3, -0.25) is 9.56 Å². The van der Waals surface area contributed by atoms with Gasteiger partial charge in [-0.25, -0.2) is 4.98 Å². The van der Waals surface area contributed by atoms with Gasteiger partial charge < -0.3 is 0 Å². The van der Waals surface area contributed by atoms with Crippen LogP contribution < -0.4 is 0 Å². The molecule has 0 amide bonds. The van der Waals surface area contributed by atoms with Crippen LogP contribution in [0.5, 0.6) is 0 Å². The molecule has 1 rings (SSSR count). The summed E-state index contributed by atoms with van der Waals surface area (Å²) in [6, 6.07) is 0. The summed E-state index contributed by atoms with van der Waals surface area (Å²) in [4.78, 5) is 8.65. The Labute approximate surface area is 127 Å². The predicted molar refractivity (Wildman–Crippen MR) is 95.2 cm³/mol. The molecule has 110 valence electrons. The summed E-state index contributed by atoms with van der Waals surface area (Å²) in [5.41, 5.74) is 4.54. The molecule has 3 heteroatoms. The molecular weight excluding hydrogens is 258 g/mol. The molecule has 3 nitrogen and oxygen atoms in total. The zero-order chi connectivity index (χ0) is 16.0. The molecule has 0 aliphatic heterocycles. The molecule has 0 N–H and O–H groups in total. The van der Waals surface area contributed by atoms with E-state index in [1.54, 1.807) is 19.3 Å². The highest BCUT2D eigenvalue weighted by atomic mass is 15.1. The van der Waals surface area contributed by atoms with Gasteiger partial charge >= 0.3 is 0 Å². The monoisotopic (exact) mass is 281 g/mol. The minimum absolute atomic E-state index is 0.803. The average Bonchev–Trinajstić information content (AvgIpc) is 2.78. The largest absolute Gasteiger partial charge is 0.296 e. The smallest absolute Gasteiger partial charge is 0.140 e. The number of rotatable bonds is 6. The lowest BCUT2D eigenvalue weighted by Gasteiger charge is -2.14. The van der Waals surface area contributed by atoms with E-state index >= 15 is 0 Å². The van der Waals surface area contributed by atoms with E-state index < -0.39 is 0 Å². The molecule has 0 radical (unpaired) electrons. The van der Waals surface area contributed by atoms with Gasteiger partial charge in [-0.15, -0.1) is 0 Å². The van der Waals surface area contributed by atoms with Crippen LogP contribution in [-0.2, 0) is 0 Å². The zero-order valence-electron chi connectivity index (χ0n) is 13.3. The van der Waals surface area contributed by atoms with Crippen molar-refractivity contribution in [3.8, 4) is 0 Å². The summed E-state index contributed by atoms with van der Waals surface area (Å²) in [6.45, 7) is 17.8. The third-order valence-electron chi connectivity index (χ3n) is 2.90. The Morgan fingerprint density at radius 1 is 1.29 bits per heavy atom. The van der Waals surface area contributed by atoms with Crippen LogP contribution in [0.2, 0.25) is 0 Å². The van der Waals surface area contributed by atoms with Crippen LogP contribution in [0.15, 0.2) is 42.5 Å². The molecule has 0 aromatic carbocycles. The fourth-order valence-corrected chi connectivity index (χ4v) is 2.00. The van der Waals surface area contributed by atoms with Crippen LogP contribution in [0.25, 0.3) is 23.4 Å². The summed E-state index contributed by atoms with van der Waals surface area (Å²) >= 11 is 0. The summed E-state index contributed by atoms with van der Waals surface area (Å²) in [6.07, 6.45) is 9.42. The molecule has 0 bridgehead atoms. The molecule has 0 unspecified atom stereocenters. The molecule has 0 saturated carbocycles. The molecule has 0 atom stereocenters. The molecule has 0 saturated heterocycles. The second-order valence-electron chi connectivity index (χ2n) is 4.77. The first kappa shape index (κ1) is 16.6. The van der Waals surface area contributed by atoms with Crippen LogP contribution in [0, 0.1) is 0 Å². The Hall–Kier alpha value is -2.42. The van der Waals surface area contributed by atoms with E-state index in [0.29, 0.717) is 0 Å². The Balaban J connectivity index is 3.78. The van der Waals surface area contributed by atoms with Crippen LogP contribution in [0.3, 0.4) is 0 Å². The SMILES string of the molecule is C=Cc1nc(C(=C)C)n(/C(=C/C=NC)C(=C)C)c1/C=C\C. The van der Waals surface area contributed by atoms with Crippen molar-refractivity contribution < 1.29 is 0 Å². The van der Waals surface area contributed by atoms with Gasteiger partial charge in [0.2, 0.25) is 0 Å². The second-order valence-corrected chi connectivity index (χ2v) is 4.77. The first-order valence-electron chi connectivity index (χ1n) is 6.80. The van der Waals surface area contributed by atoms with Crippen molar-refractivity contribution in [1.82, 2.24) is 9.55 Å². The number of imidazole rings is 1.